The van der Waals surface area contributed by atoms with Gasteiger partial charge < -0.3 is 14.4 Å². The number of sulfonamides is 1. The van der Waals surface area contributed by atoms with E-state index in [1.54, 1.807) is 36.4 Å². The second-order valence-electron chi connectivity index (χ2n) is 11.6. The number of hydrogen-bond donors (Lipinski definition) is 2. The van der Waals surface area contributed by atoms with E-state index in [0.29, 0.717) is 40.8 Å². The van der Waals surface area contributed by atoms with Crippen LogP contribution in [0.4, 0.5) is 0 Å². The number of ether oxygens (including phenoxy) is 1. The second kappa shape index (κ2) is 15.3. The minimum atomic E-state index is -3.71. The smallest absolute Gasteiger partial charge is 0.335 e. The van der Waals surface area contributed by atoms with Crippen molar-refractivity contribution < 1.29 is 23.1 Å². The van der Waals surface area contributed by atoms with Crippen LogP contribution in [0, 0.1) is 0 Å². The molecular weight excluding hydrogens is 679 g/mol. The Balaban J connectivity index is 1.40. The van der Waals surface area contributed by atoms with Gasteiger partial charge in [-0.25, -0.2) is 17.9 Å². The van der Waals surface area contributed by atoms with E-state index in [4.69, 9.17) is 27.9 Å². The summed E-state index contributed by atoms with van der Waals surface area (Å²) in [5, 5.41) is 11.2. The van der Waals surface area contributed by atoms with Gasteiger partial charge in [-0.15, -0.1) is 0 Å². The molecule has 0 aliphatic heterocycles. The molecule has 0 aliphatic carbocycles. The minimum absolute atomic E-state index is 0.150. The zero-order valence-corrected chi connectivity index (χ0v) is 28.8. The molecule has 0 radical (unpaired) electrons. The molecule has 0 fully saturated rings. The quantitative estimate of drug-likeness (QED) is 0.118. The molecule has 0 aliphatic rings. The number of rotatable bonds is 14. The number of carboxylic acid groups (broad SMARTS) is 1. The van der Waals surface area contributed by atoms with Crippen LogP contribution in [-0.2, 0) is 28.6 Å². The third-order valence-electron chi connectivity index (χ3n) is 8.38. The predicted octanol–water partition coefficient (Wildman–Crippen LogP) is 8.57. The fraction of sp³-hybridized carbons (Fsp3) is 0.154. The van der Waals surface area contributed by atoms with E-state index in [2.05, 4.69) is 33.6 Å². The molecule has 6 aromatic rings. The molecule has 250 valence electrons. The molecule has 49 heavy (non-hydrogen) atoms. The molecule has 0 unspecified atom stereocenters. The summed E-state index contributed by atoms with van der Waals surface area (Å²) < 4.78 is 37.7. The van der Waals surface area contributed by atoms with E-state index in [1.165, 1.54) is 12.1 Å². The summed E-state index contributed by atoms with van der Waals surface area (Å²) in [7, 11) is -3.71. The van der Waals surface area contributed by atoms with E-state index >= 15 is 0 Å². The molecule has 0 saturated carbocycles. The first kappa shape index (κ1) is 34.3. The van der Waals surface area contributed by atoms with Gasteiger partial charge in [-0.3, -0.25) is 0 Å². The van der Waals surface area contributed by atoms with Gasteiger partial charge in [0.2, 0.25) is 10.0 Å². The third kappa shape index (κ3) is 8.17. The van der Waals surface area contributed by atoms with Crippen LogP contribution >= 0.6 is 23.2 Å². The normalized spacial score (nSPS) is 11.7. The Kier molecular flexibility index (Phi) is 10.7. The molecule has 0 spiro atoms. The van der Waals surface area contributed by atoms with Crippen LogP contribution in [0.5, 0.6) is 5.75 Å². The van der Waals surface area contributed by atoms with Crippen molar-refractivity contribution in [2.75, 3.05) is 13.2 Å². The van der Waals surface area contributed by atoms with Crippen LogP contribution in [0.3, 0.4) is 0 Å². The lowest BCUT2D eigenvalue weighted by Crippen LogP contribution is -2.28. The highest BCUT2D eigenvalue weighted by Gasteiger charge is 2.26. The Labute approximate surface area is 295 Å². The largest absolute Gasteiger partial charge is 0.493 e. The van der Waals surface area contributed by atoms with Crippen LogP contribution < -0.4 is 9.46 Å². The summed E-state index contributed by atoms with van der Waals surface area (Å²) in [6.45, 7) is 0.447. The fourth-order valence-electron chi connectivity index (χ4n) is 6.17. The van der Waals surface area contributed by atoms with Gasteiger partial charge >= 0.3 is 5.97 Å². The van der Waals surface area contributed by atoms with Crippen molar-refractivity contribution in [2.24, 2.45) is 0 Å². The van der Waals surface area contributed by atoms with Crippen LogP contribution in [-0.4, -0.2) is 37.2 Å². The summed E-state index contributed by atoms with van der Waals surface area (Å²) in [5.41, 5.74) is 5.74. The topological polar surface area (TPSA) is 97.6 Å². The van der Waals surface area contributed by atoms with Gasteiger partial charge in [0.15, 0.2) is 0 Å². The summed E-state index contributed by atoms with van der Waals surface area (Å²) in [6.07, 6.45) is 0.870. The number of benzene rings is 5. The lowest BCUT2D eigenvalue weighted by atomic mass is 9.97. The maximum Gasteiger partial charge on any atom is 0.335 e. The monoisotopic (exact) mass is 712 g/mol. The molecule has 0 bridgehead atoms. The second-order valence-corrected chi connectivity index (χ2v) is 14.3. The fourth-order valence-corrected chi connectivity index (χ4v) is 7.80. The Morgan fingerprint density at radius 1 is 0.796 bits per heavy atom. The number of nitrogens with zero attached hydrogens (tertiary/aromatic N) is 1. The van der Waals surface area contributed by atoms with Gasteiger partial charge in [-0.05, 0) is 70.8 Å². The van der Waals surface area contributed by atoms with E-state index in [0.717, 1.165) is 33.3 Å². The summed E-state index contributed by atoms with van der Waals surface area (Å²) in [6, 6.07) is 39.2. The van der Waals surface area contributed by atoms with E-state index in [1.807, 2.05) is 54.6 Å². The molecule has 0 saturated heterocycles. The standard InChI is InChI=1S/C39H34Cl2N2O5S/c40-31-17-20-36-34(25-31)33(22-24-48-32-18-15-29(16-19-32)39(44)45)37(21-23-42-49(46,47)26-30-13-7-8-14-35(30)41)43(36)38(27-9-3-1-4-10-27)28-11-5-2-6-12-28/h1-20,25,38,42H,21-24,26H2,(H,44,45). The van der Waals surface area contributed by atoms with Crippen molar-refractivity contribution in [1.82, 2.24) is 9.29 Å². The molecule has 5 aromatic carbocycles. The zero-order chi connectivity index (χ0) is 34.4. The Bertz CT molecular complexity index is 2130. The molecule has 2 N–H and O–H groups in total. The van der Waals surface area contributed by atoms with Crippen molar-refractivity contribution in [1.29, 1.82) is 0 Å². The summed E-state index contributed by atoms with van der Waals surface area (Å²) >= 11 is 12.9. The summed E-state index contributed by atoms with van der Waals surface area (Å²) in [4.78, 5) is 11.3. The highest BCUT2D eigenvalue weighted by Crippen LogP contribution is 2.38. The summed E-state index contributed by atoms with van der Waals surface area (Å²) in [5.74, 6) is -0.689. The van der Waals surface area contributed by atoms with E-state index in [9.17, 15) is 18.3 Å². The molecule has 0 atom stereocenters. The van der Waals surface area contributed by atoms with Crippen molar-refractivity contribution in [3.8, 4) is 5.75 Å². The molecule has 1 heterocycles. The molecule has 0 amide bonds. The number of aromatic carboxylic acids is 1. The molecule has 7 nitrogen and oxygen atoms in total. The minimum Gasteiger partial charge on any atom is -0.493 e. The highest BCUT2D eigenvalue weighted by molar-refractivity contribution is 7.88. The Morgan fingerprint density at radius 3 is 2.06 bits per heavy atom. The number of halogens is 2. The molecule has 6 rings (SSSR count). The average molecular weight is 714 g/mol. The van der Waals surface area contributed by atoms with Crippen molar-refractivity contribution in [3.63, 3.8) is 0 Å². The van der Waals surface area contributed by atoms with Crippen LogP contribution in [0.1, 0.15) is 44.3 Å². The van der Waals surface area contributed by atoms with E-state index < -0.39 is 16.0 Å². The van der Waals surface area contributed by atoms with Crippen molar-refractivity contribution in [2.45, 2.75) is 24.6 Å². The Morgan fingerprint density at radius 2 is 1.43 bits per heavy atom. The molecule has 10 heteroatoms. The van der Waals surface area contributed by atoms with Gasteiger partial charge in [0.05, 0.1) is 24.0 Å². The lowest BCUT2D eigenvalue weighted by molar-refractivity contribution is 0.0697. The van der Waals surface area contributed by atoms with Gasteiger partial charge in [-0.1, -0.05) is 102 Å². The van der Waals surface area contributed by atoms with Gasteiger partial charge in [-0.2, -0.15) is 0 Å². The molecular formula is C39H34Cl2N2O5S. The average Bonchev–Trinajstić information content (AvgIpc) is 3.38. The number of nitrogens with one attached hydrogen (secondary N) is 1. The molecule has 1 aromatic heterocycles. The maximum absolute atomic E-state index is 13.3. The number of hydrogen-bond acceptors (Lipinski definition) is 4. The number of carboxylic acids is 1. The predicted molar refractivity (Wildman–Crippen MR) is 195 cm³/mol. The number of aromatic nitrogens is 1. The van der Waals surface area contributed by atoms with Gasteiger partial charge in [0, 0.05) is 46.0 Å². The number of carbonyl (C=O) groups is 1. The van der Waals surface area contributed by atoms with Gasteiger partial charge in [0.25, 0.3) is 0 Å². The lowest BCUT2D eigenvalue weighted by Gasteiger charge is -2.25. The van der Waals surface area contributed by atoms with Crippen LogP contribution in [0.25, 0.3) is 10.9 Å². The van der Waals surface area contributed by atoms with Crippen LogP contribution in [0.15, 0.2) is 127 Å². The number of fused-ring (bicyclic) bond motifs is 1. The van der Waals surface area contributed by atoms with E-state index in [-0.39, 0.29) is 23.9 Å². The first-order valence-corrected chi connectivity index (χ1v) is 18.2. The first-order chi connectivity index (χ1) is 23.7. The first-order valence-electron chi connectivity index (χ1n) is 15.8. The Hall–Kier alpha value is -4.60. The van der Waals surface area contributed by atoms with Crippen molar-refractivity contribution in [3.05, 3.63) is 171 Å². The van der Waals surface area contributed by atoms with Crippen LogP contribution in [0.2, 0.25) is 10.0 Å². The zero-order valence-electron chi connectivity index (χ0n) is 26.4. The van der Waals surface area contributed by atoms with Gasteiger partial charge in [0.1, 0.15) is 5.75 Å². The maximum atomic E-state index is 13.3. The highest BCUT2D eigenvalue weighted by atomic mass is 35.5. The van der Waals surface area contributed by atoms with Crippen molar-refractivity contribution >= 4 is 50.1 Å². The SMILES string of the molecule is O=C(O)c1ccc(OCCc2c(CCNS(=O)(=O)Cc3ccccc3Cl)n(C(c3ccccc3)c3ccccc3)c3ccc(Cl)cc23)cc1. The third-order valence-corrected chi connectivity index (χ3v) is 10.3.